The number of hydrogen-bond donors (Lipinski definition) is 0. The lowest BCUT2D eigenvalue weighted by Crippen LogP contribution is -2.47. The van der Waals surface area contributed by atoms with Gasteiger partial charge >= 0.3 is 0 Å². The molecule has 1 fully saturated rings. The van der Waals surface area contributed by atoms with Gasteiger partial charge in [0, 0.05) is 25.3 Å². The lowest BCUT2D eigenvalue weighted by Gasteiger charge is -2.35. The Morgan fingerprint density at radius 3 is 2.90 bits per heavy atom. The van der Waals surface area contributed by atoms with Crippen LogP contribution in [0.1, 0.15) is 18.5 Å². The van der Waals surface area contributed by atoms with Crippen LogP contribution < -0.4 is 0 Å². The van der Waals surface area contributed by atoms with Gasteiger partial charge in [0.15, 0.2) is 5.69 Å². The van der Waals surface area contributed by atoms with Gasteiger partial charge in [-0.15, -0.1) is 0 Å². The number of nitrogens with zero attached hydrogens (tertiary/aromatic N) is 4. The summed E-state index contributed by atoms with van der Waals surface area (Å²) in [7, 11) is 0.250. The van der Waals surface area contributed by atoms with E-state index in [1.54, 1.807) is 6.07 Å². The van der Waals surface area contributed by atoms with Crippen molar-refractivity contribution in [3.8, 4) is 6.07 Å². The summed E-state index contributed by atoms with van der Waals surface area (Å²) in [5.41, 5.74) is -0.0422. The average molecular weight is 294 g/mol. The molecule has 1 aliphatic heterocycles. The van der Waals surface area contributed by atoms with Gasteiger partial charge in [-0.3, -0.25) is 0 Å². The van der Waals surface area contributed by atoms with Crippen LogP contribution in [0.15, 0.2) is 23.2 Å². The SMILES string of the molecule is CN(C)C1CCCN(S(=O)(=O)c2cccnc2C#N)C1. The van der Waals surface area contributed by atoms with E-state index in [-0.39, 0.29) is 16.6 Å². The highest BCUT2D eigenvalue weighted by atomic mass is 32.2. The highest BCUT2D eigenvalue weighted by molar-refractivity contribution is 7.89. The van der Waals surface area contributed by atoms with Crippen LogP contribution in [-0.4, -0.2) is 55.8 Å². The molecule has 0 bridgehead atoms. The van der Waals surface area contributed by atoms with Crippen molar-refractivity contribution in [3.63, 3.8) is 0 Å². The zero-order valence-corrected chi connectivity index (χ0v) is 12.5. The van der Waals surface area contributed by atoms with Gasteiger partial charge in [-0.25, -0.2) is 13.4 Å². The van der Waals surface area contributed by atoms with Crippen molar-refractivity contribution in [2.24, 2.45) is 0 Å². The Labute approximate surface area is 119 Å². The van der Waals surface area contributed by atoms with E-state index in [2.05, 4.69) is 4.98 Å². The maximum atomic E-state index is 12.7. The van der Waals surface area contributed by atoms with Crippen LogP contribution in [0.25, 0.3) is 0 Å². The maximum Gasteiger partial charge on any atom is 0.246 e. The van der Waals surface area contributed by atoms with Crippen LogP contribution in [-0.2, 0) is 10.0 Å². The molecule has 1 atom stereocenters. The first-order valence-corrected chi connectivity index (χ1v) is 7.92. The zero-order chi connectivity index (χ0) is 14.8. The molecule has 1 aromatic rings. The molecule has 1 aromatic heterocycles. The molecule has 108 valence electrons. The van der Waals surface area contributed by atoms with Gasteiger partial charge < -0.3 is 4.90 Å². The van der Waals surface area contributed by atoms with Crippen LogP contribution in [0.3, 0.4) is 0 Å². The average Bonchev–Trinajstić information content (AvgIpc) is 2.47. The third-order valence-corrected chi connectivity index (χ3v) is 5.48. The number of rotatable bonds is 3. The molecule has 20 heavy (non-hydrogen) atoms. The molecule has 0 spiro atoms. The summed E-state index contributed by atoms with van der Waals surface area (Å²) < 4.78 is 26.8. The molecule has 0 N–H and O–H groups in total. The highest BCUT2D eigenvalue weighted by Crippen LogP contribution is 2.23. The van der Waals surface area contributed by atoms with E-state index in [0.717, 1.165) is 12.8 Å². The minimum Gasteiger partial charge on any atom is -0.305 e. The molecule has 2 rings (SSSR count). The topological polar surface area (TPSA) is 77.3 Å². The summed E-state index contributed by atoms with van der Waals surface area (Å²) in [6.07, 6.45) is 3.23. The van der Waals surface area contributed by atoms with Crippen LogP contribution >= 0.6 is 0 Å². The van der Waals surface area contributed by atoms with Crippen molar-refractivity contribution in [1.29, 1.82) is 5.26 Å². The third-order valence-electron chi connectivity index (χ3n) is 3.58. The predicted octanol–water partition coefficient (Wildman–Crippen LogP) is 0.668. The van der Waals surface area contributed by atoms with Crippen LogP contribution in [0.4, 0.5) is 0 Å². The Morgan fingerprint density at radius 2 is 2.25 bits per heavy atom. The molecule has 0 radical (unpaired) electrons. The second-order valence-electron chi connectivity index (χ2n) is 5.08. The van der Waals surface area contributed by atoms with Crippen LogP contribution in [0, 0.1) is 11.3 Å². The number of hydrogen-bond acceptors (Lipinski definition) is 5. The molecule has 1 aliphatic rings. The number of nitriles is 1. The van der Waals surface area contributed by atoms with Crippen molar-refractivity contribution >= 4 is 10.0 Å². The fourth-order valence-corrected chi connectivity index (χ4v) is 3.99. The quantitative estimate of drug-likeness (QED) is 0.819. The highest BCUT2D eigenvalue weighted by Gasteiger charge is 2.32. The molecular weight excluding hydrogens is 276 g/mol. The lowest BCUT2D eigenvalue weighted by molar-refractivity contribution is 0.190. The summed E-state index contributed by atoms with van der Waals surface area (Å²) in [5.74, 6) is 0. The smallest absolute Gasteiger partial charge is 0.246 e. The van der Waals surface area contributed by atoms with Crippen molar-refractivity contribution in [1.82, 2.24) is 14.2 Å². The molecule has 0 aromatic carbocycles. The fraction of sp³-hybridized carbons (Fsp3) is 0.538. The monoisotopic (exact) mass is 294 g/mol. The number of aromatic nitrogens is 1. The normalized spacial score (nSPS) is 20.8. The molecule has 7 heteroatoms. The van der Waals surface area contributed by atoms with E-state index in [4.69, 9.17) is 5.26 Å². The number of pyridine rings is 1. The second kappa shape index (κ2) is 5.87. The molecule has 1 unspecified atom stereocenters. The summed E-state index contributed by atoms with van der Waals surface area (Å²) in [6, 6.07) is 5.04. The Hall–Kier alpha value is -1.49. The molecule has 1 saturated heterocycles. The number of piperidine rings is 1. The first-order chi connectivity index (χ1) is 9.46. The molecule has 0 amide bonds. The Morgan fingerprint density at radius 1 is 1.50 bits per heavy atom. The van der Waals surface area contributed by atoms with Crippen LogP contribution in [0.5, 0.6) is 0 Å². The van der Waals surface area contributed by atoms with Crippen molar-refractivity contribution in [2.75, 3.05) is 27.2 Å². The van der Waals surface area contributed by atoms with Crippen molar-refractivity contribution in [3.05, 3.63) is 24.0 Å². The van der Waals surface area contributed by atoms with Gasteiger partial charge in [0.1, 0.15) is 11.0 Å². The number of sulfonamides is 1. The van der Waals surface area contributed by atoms with Gasteiger partial charge in [0.2, 0.25) is 10.0 Å². The van der Waals surface area contributed by atoms with E-state index in [1.807, 2.05) is 25.1 Å². The molecular formula is C13H18N4O2S. The Bertz CT molecular complexity index is 622. The summed E-state index contributed by atoms with van der Waals surface area (Å²) in [5, 5.41) is 9.02. The Balaban J connectivity index is 2.33. The summed E-state index contributed by atoms with van der Waals surface area (Å²) >= 11 is 0. The van der Waals surface area contributed by atoms with Crippen molar-refractivity contribution < 1.29 is 8.42 Å². The maximum absolute atomic E-state index is 12.7. The summed E-state index contributed by atoms with van der Waals surface area (Å²) in [4.78, 5) is 5.87. The van der Waals surface area contributed by atoms with Gasteiger partial charge in [0.25, 0.3) is 0 Å². The summed E-state index contributed by atoms with van der Waals surface area (Å²) in [6.45, 7) is 0.946. The minimum atomic E-state index is -3.65. The molecule has 0 aliphatic carbocycles. The first-order valence-electron chi connectivity index (χ1n) is 6.48. The molecule has 0 saturated carbocycles. The van der Waals surface area contributed by atoms with E-state index in [9.17, 15) is 8.42 Å². The van der Waals surface area contributed by atoms with Gasteiger partial charge in [-0.2, -0.15) is 9.57 Å². The molecule has 6 nitrogen and oxygen atoms in total. The first kappa shape index (κ1) is 14.9. The van der Waals surface area contributed by atoms with Gasteiger partial charge in [0.05, 0.1) is 0 Å². The predicted molar refractivity (Wildman–Crippen MR) is 74.4 cm³/mol. The van der Waals surface area contributed by atoms with Crippen molar-refractivity contribution in [2.45, 2.75) is 23.8 Å². The fourth-order valence-electron chi connectivity index (χ4n) is 2.38. The minimum absolute atomic E-state index is 0.00176. The van der Waals surface area contributed by atoms with E-state index in [1.165, 1.54) is 16.6 Å². The van der Waals surface area contributed by atoms with E-state index < -0.39 is 10.0 Å². The number of likely N-dealkylation sites (N-methyl/N-ethyl adjacent to an activating group) is 1. The van der Waals surface area contributed by atoms with Gasteiger partial charge in [-0.05, 0) is 39.1 Å². The van der Waals surface area contributed by atoms with Crippen LogP contribution in [0.2, 0.25) is 0 Å². The zero-order valence-electron chi connectivity index (χ0n) is 11.7. The third kappa shape index (κ3) is 2.82. The Kier molecular flexibility index (Phi) is 4.38. The largest absolute Gasteiger partial charge is 0.305 e. The second-order valence-corrected chi connectivity index (χ2v) is 6.99. The van der Waals surface area contributed by atoms with E-state index in [0.29, 0.717) is 13.1 Å². The van der Waals surface area contributed by atoms with E-state index >= 15 is 0 Å². The lowest BCUT2D eigenvalue weighted by atomic mass is 10.1. The molecule has 2 heterocycles. The van der Waals surface area contributed by atoms with Gasteiger partial charge in [-0.1, -0.05) is 0 Å². The standard InChI is InChI=1S/C13H18N4O2S/c1-16(2)11-5-4-8-17(10-11)20(18,19)13-6-3-7-15-12(13)9-14/h3,6-7,11H,4-5,8,10H2,1-2H3.